The SMILES string of the molecule is Cc1cc(C)n(CCNC(=O)CC2(CN3Cc4ccccc4C3=O)CCCCC2)n1. The molecule has 2 heterocycles. The molecule has 2 aromatic rings. The van der Waals surface area contributed by atoms with Crippen LogP contribution < -0.4 is 5.32 Å². The monoisotopic (exact) mass is 408 g/mol. The van der Waals surface area contributed by atoms with Crippen LogP contribution in [-0.4, -0.2) is 39.6 Å². The van der Waals surface area contributed by atoms with E-state index < -0.39 is 0 Å². The van der Waals surface area contributed by atoms with E-state index in [1.807, 2.05) is 53.8 Å². The highest BCUT2D eigenvalue weighted by atomic mass is 16.2. The smallest absolute Gasteiger partial charge is 0.254 e. The fourth-order valence-electron chi connectivity index (χ4n) is 5.15. The first-order valence-corrected chi connectivity index (χ1v) is 11.1. The first kappa shape index (κ1) is 20.6. The number of rotatable bonds is 7. The molecule has 1 aromatic heterocycles. The van der Waals surface area contributed by atoms with Crippen LogP contribution in [0.1, 0.15) is 65.8 Å². The summed E-state index contributed by atoms with van der Waals surface area (Å²) in [6.07, 6.45) is 6.00. The lowest BCUT2D eigenvalue weighted by atomic mass is 9.71. The maximum atomic E-state index is 12.9. The summed E-state index contributed by atoms with van der Waals surface area (Å²) in [5, 5.41) is 7.54. The topological polar surface area (TPSA) is 67.2 Å². The van der Waals surface area contributed by atoms with Gasteiger partial charge in [-0.3, -0.25) is 14.3 Å². The molecule has 6 heteroatoms. The number of aryl methyl sites for hydroxylation is 2. The molecule has 1 fully saturated rings. The minimum atomic E-state index is -0.113. The average molecular weight is 409 g/mol. The van der Waals surface area contributed by atoms with Gasteiger partial charge in [-0.2, -0.15) is 5.10 Å². The lowest BCUT2D eigenvalue weighted by Crippen LogP contribution is -2.43. The fraction of sp³-hybridized carbons (Fsp3) is 0.542. The number of amides is 2. The number of aromatic nitrogens is 2. The minimum Gasteiger partial charge on any atom is -0.354 e. The van der Waals surface area contributed by atoms with Gasteiger partial charge in [0, 0.05) is 37.3 Å². The number of hydrogen-bond acceptors (Lipinski definition) is 3. The first-order valence-electron chi connectivity index (χ1n) is 11.1. The van der Waals surface area contributed by atoms with Gasteiger partial charge in [-0.05, 0) is 49.8 Å². The number of hydrogen-bond donors (Lipinski definition) is 1. The van der Waals surface area contributed by atoms with Crippen molar-refractivity contribution in [1.29, 1.82) is 0 Å². The van der Waals surface area contributed by atoms with Crippen molar-refractivity contribution >= 4 is 11.8 Å². The van der Waals surface area contributed by atoms with Crippen LogP contribution in [0.4, 0.5) is 0 Å². The first-order chi connectivity index (χ1) is 14.5. The van der Waals surface area contributed by atoms with Gasteiger partial charge in [-0.15, -0.1) is 0 Å². The standard InChI is InChI=1S/C24H32N4O2/c1-18-14-19(2)28(26-18)13-12-25-22(29)15-24(10-6-3-7-11-24)17-27-16-20-8-4-5-9-21(20)23(27)30/h4-5,8-9,14H,3,6-7,10-13,15-17H2,1-2H3,(H,25,29). The maximum absolute atomic E-state index is 12.9. The number of benzene rings is 1. The van der Waals surface area contributed by atoms with Crippen molar-refractivity contribution in [3.05, 3.63) is 52.8 Å². The van der Waals surface area contributed by atoms with Crippen LogP contribution in [-0.2, 0) is 17.9 Å². The van der Waals surface area contributed by atoms with Crippen molar-refractivity contribution in [3.63, 3.8) is 0 Å². The largest absolute Gasteiger partial charge is 0.354 e. The molecule has 1 N–H and O–H groups in total. The summed E-state index contributed by atoms with van der Waals surface area (Å²) < 4.78 is 1.94. The van der Waals surface area contributed by atoms with Gasteiger partial charge in [0.15, 0.2) is 0 Å². The van der Waals surface area contributed by atoms with E-state index in [9.17, 15) is 9.59 Å². The fourth-order valence-corrected chi connectivity index (χ4v) is 5.15. The van der Waals surface area contributed by atoms with Gasteiger partial charge in [0.1, 0.15) is 0 Å². The third-order valence-electron chi connectivity index (χ3n) is 6.62. The van der Waals surface area contributed by atoms with Gasteiger partial charge in [-0.25, -0.2) is 0 Å². The number of carbonyl (C=O) groups excluding carboxylic acids is 2. The van der Waals surface area contributed by atoms with Crippen molar-refractivity contribution in [2.24, 2.45) is 5.41 Å². The molecule has 0 saturated heterocycles. The molecule has 0 bridgehead atoms. The van der Waals surface area contributed by atoms with E-state index in [4.69, 9.17) is 0 Å². The molecule has 2 aliphatic rings. The van der Waals surface area contributed by atoms with Crippen LogP contribution >= 0.6 is 0 Å². The molecule has 1 aromatic carbocycles. The molecule has 6 nitrogen and oxygen atoms in total. The normalized spacial score (nSPS) is 17.8. The van der Waals surface area contributed by atoms with Crippen molar-refractivity contribution in [2.75, 3.05) is 13.1 Å². The molecule has 0 atom stereocenters. The third kappa shape index (κ3) is 4.42. The predicted octanol–water partition coefficient (Wildman–Crippen LogP) is 3.61. The van der Waals surface area contributed by atoms with Crippen LogP contribution in [0, 0.1) is 19.3 Å². The van der Waals surface area contributed by atoms with Crippen LogP contribution in [0.2, 0.25) is 0 Å². The van der Waals surface area contributed by atoms with Gasteiger partial charge < -0.3 is 10.2 Å². The molecule has 0 unspecified atom stereocenters. The Bertz CT molecular complexity index is 927. The highest BCUT2D eigenvalue weighted by molar-refractivity contribution is 5.98. The summed E-state index contributed by atoms with van der Waals surface area (Å²) in [5.74, 6) is 0.197. The number of nitrogens with one attached hydrogen (secondary N) is 1. The zero-order valence-corrected chi connectivity index (χ0v) is 18.1. The van der Waals surface area contributed by atoms with Crippen LogP contribution in [0.5, 0.6) is 0 Å². The van der Waals surface area contributed by atoms with E-state index in [2.05, 4.69) is 10.4 Å². The van der Waals surface area contributed by atoms with Crippen molar-refractivity contribution in [1.82, 2.24) is 20.0 Å². The molecule has 4 rings (SSSR count). The van der Waals surface area contributed by atoms with Crippen LogP contribution in [0.25, 0.3) is 0 Å². The van der Waals surface area contributed by atoms with E-state index in [-0.39, 0.29) is 17.2 Å². The highest BCUT2D eigenvalue weighted by Crippen LogP contribution is 2.41. The van der Waals surface area contributed by atoms with Crippen molar-refractivity contribution in [3.8, 4) is 0 Å². The molecule has 0 spiro atoms. The van der Waals surface area contributed by atoms with E-state index in [0.29, 0.717) is 32.6 Å². The van der Waals surface area contributed by atoms with E-state index >= 15 is 0 Å². The lowest BCUT2D eigenvalue weighted by Gasteiger charge is -2.39. The Morgan fingerprint density at radius 2 is 1.93 bits per heavy atom. The second-order valence-corrected chi connectivity index (χ2v) is 9.06. The van der Waals surface area contributed by atoms with Gasteiger partial charge >= 0.3 is 0 Å². The van der Waals surface area contributed by atoms with Crippen molar-refractivity contribution in [2.45, 2.75) is 65.5 Å². The number of carbonyl (C=O) groups is 2. The Hall–Kier alpha value is -2.63. The Morgan fingerprint density at radius 3 is 2.63 bits per heavy atom. The van der Waals surface area contributed by atoms with E-state index in [0.717, 1.165) is 48.2 Å². The van der Waals surface area contributed by atoms with Crippen LogP contribution in [0.3, 0.4) is 0 Å². The second-order valence-electron chi connectivity index (χ2n) is 9.06. The van der Waals surface area contributed by atoms with Gasteiger partial charge in [0.2, 0.25) is 5.91 Å². The summed E-state index contributed by atoms with van der Waals surface area (Å²) in [6, 6.07) is 9.91. The highest BCUT2D eigenvalue weighted by Gasteiger charge is 2.39. The molecule has 0 radical (unpaired) electrons. The maximum Gasteiger partial charge on any atom is 0.254 e. The summed E-state index contributed by atoms with van der Waals surface area (Å²) in [6.45, 7) is 6.60. The third-order valence-corrected chi connectivity index (χ3v) is 6.62. The lowest BCUT2D eigenvalue weighted by molar-refractivity contribution is -0.124. The zero-order valence-electron chi connectivity index (χ0n) is 18.1. The van der Waals surface area contributed by atoms with E-state index in [1.54, 1.807) is 0 Å². The molecule has 2 amide bonds. The molecule has 1 aliphatic carbocycles. The van der Waals surface area contributed by atoms with Gasteiger partial charge in [-0.1, -0.05) is 37.5 Å². The average Bonchev–Trinajstić information content (AvgIpc) is 3.20. The Kier molecular flexibility index (Phi) is 5.93. The molecule has 1 saturated carbocycles. The molecule has 160 valence electrons. The molecular weight excluding hydrogens is 376 g/mol. The summed E-state index contributed by atoms with van der Waals surface area (Å²) in [4.78, 5) is 27.7. The zero-order chi connectivity index (χ0) is 21.1. The number of nitrogens with zero attached hydrogens (tertiary/aromatic N) is 3. The predicted molar refractivity (Wildman–Crippen MR) is 116 cm³/mol. The Labute approximate surface area is 178 Å². The quantitative estimate of drug-likeness (QED) is 0.761. The summed E-state index contributed by atoms with van der Waals surface area (Å²) >= 11 is 0. The number of fused-ring (bicyclic) bond motifs is 1. The Morgan fingerprint density at radius 1 is 1.17 bits per heavy atom. The van der Waals surface area contributed by atoms with Crippen molar-refractivity contribution < 1.29 is 9.59 Å². The Balaban J connectivity index is 1.37. The van der Waals surface area contributed by atoms with Gasteiger partial charge in [0.25, 0.3) is 5.91 Å². The molecular formula is C24H32N4O2. The summed E-state index contributed by atoms with van der Waals surface area (Å²) in [7, 11) is 0. The molecule has 1 aliphatic heterocycles. The second kappa shape index (κ2) is 8.62. The molecule has 30 heavy (non-hydrogen) atoms. The van der Waals surface area contributed by atoms with E-state index in [1.165, 1.54) is 6.42 Å². The van der Waals surface area contributed by atoms with Crippen LogP contribution in [0.15, 0.2) is 30.3 Å². The minimum absolute atomic E-state index is 0.0857. The summed E-state index contributed by atoms with van der Waals surface area (Å²) in [5.41, 5.74) is 3.91. The van der Waals surface area contributed by atoms with Gasteiger partial charge in [0.05, 0.1) is 12.2 Å².